The number of benzene rings is 1. The van der Waals surface area contributed by atoms with Crippen LogP contribution in [-0.4, -0.2) is 34.9 Å². The molecule has 3 aromatic rings. The zero-order chi connectivity index (χ0) is 18.3. The minimum Gasteiger partial charge on any atom is -0.496 e. The number of rotatable bonds is 5. The van der Waals surface area contributed by atoms with Crippen molar-refractivity contribution in [2.45, 2.75) is 25.3 Å². The van der Waals surface area contributed by atoms with Gasteiger partial charge in [0.15, 0.2) is 0 Å². The molecule has 2 aromatic heterocycles. The van der Waals surface area contributed by atoms with Gasteiger partial charge in [0.25, 0.3) is 11.5 Å². The molecule has 0 aliphatic heterocycles. The lowest BCUT2D eigenvalue weighted by Crippen LogP contribution is -2.28. The van der Waals surface area contributed by atoms with E-state index in [1.54, 1.807) is 25.1 Å². The lowest BCUT2D eigenvalue weighted by atomic mass is 10.0. The number of nitrogens with zero attached hydrogens (tertiary/aromatic N) is 2. The van der Waals surface area contributed by atoms with Crippen LogP contribution < -0.4 is 10.3 Å². The van der Waals surface area contributed by atoms with Crippen molar-refractivity contribution in [1.82, 2.24) is 14.9 Å². The monoisotopic (exact) mass is 369 g/mol. The Kier molecular flexibility index (Phi) is 4.24. The lowest BCUT2D eigenvalue weighted by Gasteiger charge is -2.18. The van der Waals surface area contributed by atoms with Crippen molar-refractivity contribution >= 4 is 27.5 Å². The largest absolute Gasteiger partial charge is 0.496 e. The number of aromatic nitrogens is 2. The second-order valence-electron chi connectivity index (χ2n) is 6.54. The maximum atomic E-state index is 12.8. The molecule has 1 aliphatic carbocycles. The highest BCUT2D eigenvalue weighted by atomic mass is 32.1. The summed E-state index contributed by atoms with van der Waals surface area (Å²) in [7, 11) is 3.36. The van der Waals surface area contributed by atoms with Gasteiger partial charge in [-0.1, -0.05) is 0 Å². The first-order chi connectivity index (χ1) is 12.6. The van der Waals surface area contributed by atoms with Gasteiger partial charge < -0.3 is 14.6 Å². The third-order valence-electron chi connectivity index (χ3n) is 4.59. The number of thiophene rings is 1. The molecule has 0 atom stereocenters. The Balaban J connectivity index is 1.57. The van der Waals surface area contributed by atoms with Gasteiger partial charge in [-0.15, -0.1) is 11.3 Å². The summed E-state index contributed by atoms with van der Waals surface area (Å²) < 4.78 is 6.01. The number of aromatic amines is 1. The summed E-state index contributed by atoms with van der Waals surface area (Å²) in [6.45, 7) is 0.241. The second kappa shape index (κ2) is 6.57. The average molecular weight is 369 g/mol. The molecule has 4 rings (SSSR count). The molecule has 0 bridgehead atoms. The van der Waals surface area contributed by atoms with Crippen LogP contribution in [0.2, 0.25) is 0 Å². The molecule has 26 heavy (non-hydrogen) atoms. The molecule has 1 aromatic carbocycles. The highest BCUT2D eigenvalue weighted by Gasteiger charge is 2.28. The zero-order valence-corrected chi connectivity index (χ0v) is 15.4. The van der Waals surface area contributed by atoms with Gasteiger partial charge in [0.05, 0.1) is 19.2 Å². The van der Waals surface area contributed by atoms with E-state index in [-0.39, 0.29) is 18.0 Å². The number of H-pyrrole nitrogens is 1. The molecule has 1 aliphatic rings. The van der Waals surface area contributed by atoms with E-state index < -0.39 is 0 Å². The molecule has 0 spiro atoms. The van der Waals surface area contributed by atoms with Crippen LogP contribution in [0.3, 0.4) is 0 Å². The number of ether oxygens (including phenoxy) is 1. The molecule has 1 fully saturated rings. The van der Waals surface area contributed by atoms with Gasteiger partial charge in [-0.2, -0.15) is 0 Å². The van der Waals surface area contributed by atoms with Crippen molar-refractivity contribution < 1.29 is 9.53 Å². The number of carbonyl (C=O) groups is 1. The first kappa shape index (κ1) is 16.8. The highest BCUT2D eigenvalue weighted by Crippen LogP contribution is 2.44. The first-order valence-corrected chi connectivity index (χ1v) is 9.34. The Labute approximate surface area is 154 Å². The summed E-state index contributed by atoms with van der Waals surface area (Å²) in [6, 6.07) is 7.37. The van der Waals surface area contributed by atoms with Crippen LogP contribution in [0.5, 0.6) is 5.75 Å². The van der Waals surface area contributed by atoms with Crippen molar-refractivity contribution in [2.75, 3.05) is 14.2 Å². The Morgan fingerprint density at radius 3 is 2.92 bits per heavy atom. The van der Waals surface area contributed by atoms with E-state index in [9.17, 15) is 9.59 Å². The molecule has 1 amide bonds. The Morgan fingerprint density at radius 1 is 1.38 bits per heavy atom. The number of amides is 1. The van der Waals surface area contributed by atoms with Gasteiger partial charge in [0.2, 0.25) is 0 Å². The van der Waals surface area contributed by atoms with Gasteiger partial charge in [0, 0.05) is 12.6 Å². The van der Waals surface area contributed by atoms with Crippen molar-refractivity contribution in [3.05, 3.63) is 57.0 Å². The summed E-state index contributed by atoms with van der Waals surface area (Å²) in [4.78, 5) is 33.6. The Morgan fingerprint density at radius 2 is 2.19 bits per heavy atom. The summed E-state index contributed by atoms with van der Waals surface area (Å²) in [5, 5.41) is 1.84. The summed E-state index contributed by atoms with van der Waals surface area (Å²) in [5.41, 5.74) is 2.21. The van der Waals surface area contributed by atoms with Crippen molar-refractivity contribution in [1.29, 1.82) is 0 Å². The molecule has 1 saturated carbocycles. The standard InChI is InChI=1S/C19H19N3O3S/c1-22(10-16-20-14-7-8-26-17(14)18(23)21-16)19(24)12-5-6-15(25-2)13(9-12)11-3-4-11/h5-9,11H,3-4,10H2,1-2H3,(H,20,21,23). The number of methoxy groups -OCH3 is 1. The van der Waals surface area contributed by atoms with E-state index in [4.69, 9.17) is 4.74 Å². The molecule has 2 heterocycles. The highest BCUT2D eigenvalue weighted by molar-refractivity contribution is 7.17. The maximum Gasteiger partial charge on any atom is 0.268 e. The van der Waals surface area contributed by atoms with Gasteiger partial charge in [-0.05, 0) is 54.0 Å². The van der Waals surface area contributed by atoms with Gasteiger partial charge in [-0.3, -0.25) is 9.59 Å². The van der Waals surface area contributed by atoms with Crippen molar-refractivity contribution in [3.8, 4) is 5.75 Å². The molecular formula is C19H19N3O3S. The Bertz CT molecular complexity index is 1040. The van der Waals surface area contributed by atoms with Crippen LogP contribution in [0.4, 0.5) is 0 Å². The predicted molar refractivity (Wildman–Crippen MR) is 101 cm³/mol. The maximum absolute atomic E-state index is 12.8. The molecule has 0 unspecified atom stereocenters. The van der Waals surface area contributed by atoms with Gasteiger partial charge in [0.1, 0.15) is 16.3 Å². The molecular weight excluding hydrogens is 350 g/mol. The van der Waals surface area contributed by atoms with Crippen LogP contribution >= 0.6 is 11.3 Å². The van der Waals surface area contributed by atoms with Gasteiger partial charge >= 0.3 is 0 Å². The van der Waals surface area contributed by atoms with E-state index >= 15 is 0 Å². The van der Waals surface area contributed by atoms with E-state index in [2.05, 4.69) is 9.97 Å². The van der Waals surface area contributed by atoms with Gasteiger partial charge in [-0.25, -0.2) is 4.98 Å². The molecule has 7 heteroatoms. The first-order valence-electron chi connectivity index (χ1n) is 8.46. The Hall–Kier alpha value is -2.67. The smallest absolute Gasteiger partial charge is 0.268 e. The van der Waals surface area contributed by atoms with E-state index in [1.165, 1.54) is 11.3 Å². The van der Waals surface area contributed by atoms with Crippen molar-refractivity contribution in [2.24, 2.45) is 0 Å². The summed E-state index contributed by atoms with van der Waals surface area (Å²) in [6.07, 6.45) is 2.27. The fraction of sp³-hybridized carbons (Fsp3) is 0.316. The molecule has 6 nitrogen and oxygen atoms in total. The quantitative estimate of drug-likeness (QED) is 0.750. The SMILES string of the molecule is COc1ccc(C(=O)N(C)Cc2nc3ccsc3c(=O)[nH]2)cc1C1CC1. The second-order valence-corrected chi connectivity index (χ2v) is 7.46. The number of hydrogen-bond donors (Lipinski definition) is 1. The molecule has 0 saturated heterocycles. The molecule has 0 radical (unpaired) electrons. The predicted octanol–water partition coefficient (Wildman–Crippen LogP) is 3.14. The van der Waals surface area contributed by atoms with Crippen LogP contribution in [-0.2, 0) is 6.54 Å². The number of fused-ring (bicyclic) bond motifs is 1. The van der Waals surface area contributed by atoms with E-state index in [0.29, 0.717) is 27.5 Å². The van der Waals surface area contributed by atoms with Crippen LogP contribution in [0, 0.1) is 0 Å². The van der Waals surface area contributed by atoms with Crippen LogP contribution in [0.15, 0.2) is 34.4 Å². The topological polar surface area (TPSA) is 75.3 Å². The minimum atomic E-state index is -0.165. The van der Waals surface area contributed by atoms with E-state index in [0.717, 1.165) is 24.2 Å². The minimum absolute atomic E-state index is 0.109. The normalized spacial score (nSPS) is 13.8. The van der Waals surface area contributed by atoms with Crippen LogP contribution in [0.25, 0.3) is 10.2 Å². The summed E-state index contributed by atoms with van der Waals surface area (Å²) in [5.74, 6) is 1.69. The summed E-state index contributed by atoms with van der Waals surface area (Å²) >= 11 is 1.36. The molecule has 134 valence electrons. The van der Waals surface area contributed by atoms with Crippen molar-refractivity contribution in [3.63, 3.8) is 0 Å². The number of carbonyl (C=O) groups excluding carboxylic acids is 1. The fourth-order valence-electron chi connectivity index (χ4n) is 3.09. The van der Waals surface area contributed by atoms with E-state index in [1.807, 2.05) is 23.6 Å². The average Bonchev–Trinajstić information content (AvgIpc) is 3.38. The third-order valence-corrected chi connectivity index (χ3v) is 5.49. The lowest BCUT2D eigenvalue weighted by molar-refractivity contribution is 0.0781. The molecule has 1 N–H and O–H groups in total. The third kappa shape index (κ3) is 3.10. The zero-order valence-electron chi connectivity index (χ0n) is 14.6. The fourth-order valence-corrected chi connectivity index (χ4v) is 3.82. The van der Waals surface area contributed by atoms with Crippen LogP contribution in [0.1, 0.15) is 40.5 Å². The number of nitrogens with one attached hydrogen (secondary N) is 1. The number of hydrogen-bond acceptors (Lipinski definition) is 5.